The van der Waals surface area contributed by atoms with E-state index in [1.165, 1.54) is 6.07 Å². The second-order valence-electron chi connectivity index (χ2n) is 7.63. The summed E-state index contributed by atoms with van der Waals surface area (Å²) in [7, 11) is 0. The van der Waals surface area contributed by atoms with Gasteiger partial charge in [0.25, 0.3) is 0 Å². The summed E-state index contributed by atoms with van der Waals surface area (Å²) in [4.78, 5) is 13.0. The number of rotatable bonds is 12. The highest BCUT2D eigenvalue weighted by Gasteiger charge is 2.09. The first-order chi connectivity index (χ1) is 16.4. The molecule has 0 aromatic heterocycles. The summed E-state index contributed by atoms with van der Waals surface area (Å²) in [6, 6.07) is 18.8. The van der Waals surface area contributed by atoms with E-state index in [2.05, 4.69) is 23.4 Å². The molecular weight excluding hydrogens is 493 g/mol. The zero-order valence-electron chi connectivity index (χ0n) is 19.1. The van der Waals surface area contributed by atoms with Gasteiger partial charge in [0.05, 0.1) is 5.02 Å². The van der Waals surface area contributed by atoms with Crippen molar-refractivity contribution in [2.45, 2.75) is 30.1 Å². The Kier molecular flexibility index (Phi) is 10.1. The molecule has 0 radical (unpaired) electrons. The molecule has 0 saturated heterocycles. The highest BCUT2D eigenvalue weighted by molar-refractivity contribution is 7.99. The van der Waals surface area contributed by atoms with E-state index in [4.69, 9.17) is 21.4 Å². The molecule has 0 saturated carbocycles. The Labute approximate surface area is 213 Å². The zero-order valence-corrected chi connectivity index (χ0v) is 21.5. The number of aryl methyl sites for hydroxylation is 1. The Morgan fingerprint density at radius 1 is 1.03 bits per heavy atom. The largest absolute Gasteiger partial charge is 0.482 e. The van der Waals surface area contributed by atoms with Gasteiger partial charge in [-0.25, -0.2) is 13.5 Å². The minimum absolute atomic E-state index is 0.125. The van der Waals surface area contributed by atoms with Crippen LogP contribution >= 0.6 is 35.3 Å². The van der Waals surface area contributed by atoms with E-state index in [1.54, 1.807) is 35.8 Å². The number of hydrogen-bond donors (Lipinski definition) is 1. The van der Waals surface area contributed by atoms with Crippen LogP contribution in [0.3, 0.4) is 0 Å². The highest BCUT2D eigenvalue weighted by atomic mass is 35.5. The number of nitrogens with zero attached hydrogens (tertiary/aromatic N) is 1. The van der Waals surface area contributed by atoms with Gasteiger partial charge in [-0.05, 0) is 84.4 Å². The molecule has 0 amide bonds. The summed E-state index contributed by atoms with van der Waals surface area (Å²) in [6.45, 7) is 5.64. The third-order valence-corrected chi connectivity index (χ3v) is 7.29. The van der Waals surface area contributed by atoms with Crippen LogP contribution in [0.5, 0.6) is 5.75 Å². The summed E-state index contributed by atoms with van der Waals surface area (Å²) in [5.41, 5.74) is 2.81. The predicted octanol–water partition coefficient (Wildman–Crippen LogP) is 7.43. The minimum atomic E-state index is -0.985. The van der Waals surface area contributed by atoms with Crippen LogP contribution in [0.15, 0.2) is 70.5 Å². The number of ether oxygens (including phenoxy) is 1. The average Bonchev–Trinajstić information content (AvgIpc) is 2.81. The number of carboxylic acids is 1. The van der Waals surface area contributed by atoms with E-state index in [9.17, 15) is 9.18 Å². The van der Waals surface area contributed by atoms with Crippen molar-refractivity contribution in [3.8, 4) is 16.9 Å². The molecule has 1 N–H and O–H groups in total. The lowest BCUT2D eigenvalue weighted by Crippen LogP contribution is -2.19. The maximum absolute atomic E-state index is 13.4. The second kappa shape index (κ2) is 13.0. The van der Waals surface area contributed by atoms with Gasteiger partial charge < -0.3 is 9.84 Å². The van der Waals surface area contributed by atoms with Crippen molar-refractivity contribution in [2.24, 2.45) is 0 Å². The third-order valence-electron chi connectivity index (χ3n) is 4.92. The number of hydrogen-bond acceptors (Lipinski definition) is 5. The fraction of sp³-hybridized carbons (Fsp3) is 0.269. The van der Waals surface area contributed by atoms with Crippen molar-refractivity contribution in [3.05, 3.63) is 77.1 Å². The molecule has 3 rings (SSSR count). The maximum atomic E-state index is 13.4. The molecule has 34 heavy (non-hydrogen) atoms. The Balaban J connectivity index is 1.54. The van der Waals surface area contributed by atoms with Crippen molar-refractivity contribution < 1.29 is 19.0 Å². The first kappa shape index (κ1) is 26.4. The monoisotopic (exact) mass is 519 g/mol. The molecule has 0 spiro atoms. The summed E-state index contributed by atoms with van der Waals surface area (Å²) < 4.78 is 21.1. The molecule has 3 aromatic rings. The van der Waals surface area contributed by atoms with Gasteiger partial charge in [0.1, 0.15) is 11.6 Å². The van der Waals surface area contributed by atoms with E-state index in [0.717, 1.165) is 51.7 Å². The number of carbonyl (C=O) groups is 1. The quantitative estimate of drug-likeness (QED) is 0.198. The first-order valence-corrected chi connectivity index (χ1v) is 13.1. The van der Waals surface area contributed by atoms with Crippen molar-refractivity contribution in [1.82, 2.24) is 4.31 Å². The lowest BCUT2D eigenvalue weighted by Gasteiger charge is -2.20. The number of thioether (sulfide) groups is 1. The molecule has 3 aromatic carbocycles. The van der Waals surface area contributed by atoms with Gasteiger partial charge in [0, 0.05) is 28.6 Å². The predicted molar refractivity (Wildman–Crippen MR) is 140 cm³/mol. The summed E-state index contributed by atoms with van der Waals surface area (Å²) in [6.07, 6.45) is 1.05. The second-order valence-corrected chi connectivity index (χ2v) is 10.4. The van der Waals surface area contributed by atoms with Gasteiger partial charge in [-0.15, -0.1) is 11.8 Å². The SMILES string of the molecule is CCCN(CCSc1ccc(OCC(=O)O)c(C)c1)Sc1ccc(-c2ccc(F)c(Cl)c2)cc1. The molecule has 0 unspecified atom stereocenters. The molecule has 0 aliphatic rings. The van der Waals surface area contributed by atoms with Gasteiger partial charge in [0.2, 0.25) is 0 Å². The molecule has 0 bridgehead atoms. The van der Waals surface area contributed by atoms with Crippen LogP contribution in [0, 0.1) is 12.7 Å². The molecule has 8 heteroatoms. The molecule has 4 nitrogen and oxygen atoms in total. The van der Waals surface area contributed by atoms with Crippen LogP contribution in [0.4, 0.5) is 4.39 Å². The molecule has 180 valence electrons. The van der Waals surface area contributed by atoms with Crippen molar-refractivity contribution in [1.29, 1.82) is 0 Å². The maximum Gasteiger partial charge on any atom is 0.341 e. The number of benzene rings is 3. The van der Waals surface area contributed by atoms with Crippen LogP contribution in [0.1, 0.15) is 18.9 Å². The number of halogens is 2. The van der Waals surface area contributed by atoms with Gasteiger partial charge in [-0.3, -0.25) is 0 Å². The fourth-order valence-electron chi connectivity index (χ4n) is 3.26. The summed E-state index contributed by atoms with van der Waals surface area (Å²) >= 11 is 9.41. The Morgan fingerprint density at radius 2 is 1.74 bits per heavy atom. The van der Waals surface area contributed by atoms with Gasteiger partial charge in [-0.1, -0.05) is 36.7 Å². The molecule has 0 aliphatic heterocycles. The Morgan fingerprint density at radius 3 is 2.38 bits per heavy atom. The number of carboxylic acid groups (broad SMARTS) is 1. The van der Waals surface area contributed by atoms with E-state index >= 15 is 0 Å². The summed E-state index contributed by atoms with van der Waals surface area (Å²) in [5.74, 6) is 0.124. The van der Waals surface area contributed by atoms with Gasteiger partial charge in [0.15, 0.2) is 6.61 Å². The van der Waals surface area contributed by atoms with Crippen molar-refractivity contribution in [3.63, 3.8) is 0 Å². The minimum Gasteiger partial charge on any atom is -0.482 e. The Hall–Kier alpha value is -2.19. The van der Waals surface area contributed by atoms with Crippen LogP contribution in [-0.4, -0.2) is 40.8 Å². The van der Waals surface area contributed by atoms with Crippen LogP contribution in [0.2, 0.25) is 5.02 Å². The van der Waals surface area contributed by atoms with Crippen molar-refractivity contribution >= 4 is 41.3 Å². The summed E-state index contributed by atoms with van der Waals surface area (Å²) in [5, 5.41) is 8.89. The molecule has 0 aliphatic carbocycles. The molecule has 0 fully saturated rings. The van der Waals surface area contributed by atoms with E-state index in [1.807, 2.05) is 37.3 Å². The van der Waals surface area contributed by atoms with E-state index < -0.39 is 11.8 Å². The van der Waals surface area contributed by atoms with Crippen LogP contribution < -0.4 is 4.74 Å². The van der Waals surface area contributed by atoms with Crippen LogP contribution in [0.25, 0.3) is 11.1 Å². The topological polar surface area (TPSA) is 49.8 Å². The normalized spacial score (nSPS) is 11.1. The lowest BCUT2D eigenvalue weighted by atomic mass is 10.1. The highest BCUT2D eigenvalue weighted by Crippen LogP contribution is 2.30. The molecule has 0 heterocycles. The lowest BCUT2D eigenvalue weighted by molar-refractivity contribution is -0.139. The van der Waals surface area contributed by atoms with Crippen LogP contribution in [-0.2, 0) is 4.79 Å². The Bertz CT molecular complexity index is 1110. The fourth-order valence-corrected chi connectivity index (χ4v) is 5.54. The average molecular weight is 520 g/mol. The van der Waals surface area contributed by atoms with Crippen molar-refractivity contribution in [2.75, 3.05) is 25.4 Å². The van der Waals surface area contributed by atoms with E-state index in [0.29, 0.717) is 5.75 Å². The first-order valence-electron chi connectivity index (χ1n) is 10.9. The smallest absolute Gasteiger partial charge is 0.341 e. The standard InChI is InChI=1S/C26H27ClFNO3S2/c1-3-12-29(13-14-33-22-9-11-25(18(2)15-22)32-17-26(30)31)34-21-7-4-19(5-8-21)20-6-10-24(28)23(27)16-20/h4-11,15-16H,3,12-14,17H2,1-2H3,(H,30,31). The van der Waals surface area contributed by atoms with Gasteiger partial charge >= 0.3 is 5.97 Å². The third kappa shape index (κ3) is 7.94. The zero-order chi connectivity index (χ0) is 24.5. The molecule has 0 atom stereocenters. The number of aliphatic carboxylic acids is 1. The van der Waals surface area contributed by atoms with Gasteiger partial charge in [-0.2, -0.15) is 0 Å². The van der Waals surface area contributed by atoms with E-state index in [-0.39, 0.29) is 11.6 Å². The molecular formula is C26H27ClFNO3S2.